The molecule has 0 aliphatic carbocycles. The molecule has 0 N–H and O–H groups in total. The van der Waals surface area contributed by atoms with Crippen molar-refractivity contribution in [3.8, 4) is 62.1 Å². The third-order valence-corrected chi connectivity index (χ3v) is 11.8. The van der Waals surface area contributed by atoms with E-state index in [4.69, 9.17) is 15.0 Å². The quantitative estimate of drug-likeness (QED) is 0.171. The maximum atomic E-state index is 4.99. The molecule has 0 aliphatic rings. The lowest BCUT2D eigenvalue weighted by molar-refractivity contribution is 1.07. The van der Waals surface area contributed by atoms with E-state index in [2.05, 4.69) is 138 Å². The molecule has 262 valence electrons. The van der Waals surface area contributed by atoms with Gasteiger partial charge in [0.1, 0.15) is 0 Å². The molecule has 4 nitrogen and oxygen atoms in total. The highest BCUT2D eigenvalue weighted by Crippen LogP contribution is 2.44. The number of hydrogen-bond acceptors (Lipinski definition) is 4. The lowest BCUT2D eigenvalue weighted by atomic mass is 9.91. The zero-order valence-corrected chi connectivity index (χ0v) is 31.0. The Bertz CT molecular complexity index is 3180. The molecular weight excluding hydrogens is 701 g/mol. The fourth-order valence-electron chi connectivity index (χ4n) is 8.09. The van der Waals surface area contributed by atoms with Crippen molar-refractivity contribution in [2.75, 3.05) is 0 Å². The number of rotatable bonds is 6. The van der Waals surface area contributed by atoms with Crippen LogP contribution in [0.2, 0.25) is 0 Å². The predicted molar refractivity (Wildman–Crippen MR) is 234 cm³/mol. The molecule has 11 rings (SSSR count). The van der Waals surface area contributed by atoms with E-state index in [1.165, 1.54) is 64.2 Å². The molecule has 0 saturated carbocycles. The summed E-state index contributed by atoms with van der Waals surface area (Å²) in [6.45, 7) is 0. The molecule has 0 bridgehead atoms. The van der Waals surface area contributed by atoms with Crippen molar-refractivity contribution in [3.63, 3.8) is 0 Å². The molecule has 56 heavy (non-hydrogen) atoms. The van der Waals surface area contributed by atoms with Crippen molar-refractivity contribution >= 4 is 53.3 Å². The van der Waals surface area contributed by atoms with Gasteiger partial charge >= 0.3 is 0 Å². The first kappa shape index (κ1) is 32.2. The van der Waals surface area contributed by atoms with Crippen molar-refractivity contribution < 1.29 is 0 Å². The van der Waals surface area contributed by atoms with E-state index >= 15 is 0 Å². The monoisotopic (exact) mass is 732 g/mol. The van der Waals surface area contributed by atoms with Gasteiger partial charge < -0.3 is 4.57 Å². The maximum Gasteiger partial charge on any atom is 0.164 e. The molecule has 8 aromatic carbocycles. The Morgan fingerprint density at radius 2 is 0.911 bits per heavy atom. The summed E-state index contributed by atoms with van der Waals surface area (Å²) in [5.41, 5.74) is 11.3. The number of thiophene rings is 1. The zero-order valence-electron chi connectivity index (χ0n) is 30.2. The standard InChI is InChI=1S/C51H32N4S/c1-4-15-33(16-5-1)49-52-50(34-17-6-2-7-18-34)54-51(53-49)36-27-29-40-43-31-35(28-30-46(43)56-47(40)32-36)38-21-10-11-22-39(38)41-24-14-26-45-48(41)42-23-12-13-25-44(42)55(45)37-19-8-3-9-20-37/h1-32H. The van der Waals surface area contributed by atoms with Gasteiger partial charge in [-0.3, -0.25) is 0 Å². The Morgan fingerprint density at radius 3 is 1.64 bits per heavy atom. The van der Waals surface area contributed by atoms with Gasteiger partial charge in [-0.15, -0.1) is 11.3 Å². The Morgan fingerprint density at radius 1 is 0.339 bits per heavy atom. The van der Waals surface area contributed by atoms with Gasteiger partial charge in [0.15, 0.2) is 17.5 Å². The Kier molecular flexibility index (Phi) is 7.64. The summed E-state index contributed by atoms with van der Waals surface area (Å²) in [6, 6.07) is 68.7. The van der Waals surface area contributed by atoms with Gasteiger partial charge in [0.05, 0.1) is 11.0 Å². The summed E-state index contributed by atoms with van der Waals surface area (Å²) in [7, 11) is 0. The topological polar surface area (TPSA) is 43.6 Å². The van der Waals surface area contributed by atoms with Crippen LogP contribution in [0.5, 0.6) is 0 Å². The summed E-state index contributed by atoms with van der Waals surface area (Å²) >= 11 is 1.81. The first-order chi connectivity index (χ1) is 27.8. The van der Waals surface area contributed by atoms with Crippen LogP contribution in [0.3, 0.4) is 0 Å². The van der Waals surface area contributed by atoms with Crippen molar-refractivity contribution in [2.24, 2.45) is 0 Å². The van der Waals surface area contributed by atoms with Gasteiger partial charge in [0.2, 0.25) is 0 Å². The molecule has 0 fully saturated rings. The van der Waals surface area contributed by atoms with E-state index in [1.807, 2.05) is 60.7 Å². The molecule has 3 aromatic heterocycles. The van der Waals surface area contributed by atoms with Crippen molar-refractivity contribution in [3.05, 3.63) is 194 Å². The van der Waals surface area contributed by atoms with Crippen LogP contribution in [0, 0.1) is 0 Å². The van der Waals surface area contributed by atoms with Gasteiger partial charge in [0, 0.05) is 53.3 Å². The van der Waals surface area contributed by atoms with Gasteiger partial charge in [0.25, 0.3) is 0 Å². The van der Waals surface area contributed by atoms with Gasteiger partial charge in [-0.2, -0.15) is 0 Å². The molecule has 0 amide bonds. The van der Waals surface area contributed by atoms with Crippen molar-refractivity contribution in [2.45, 2.75) is 0 Å². The van der Waals surface area contributed by atoms with Crippen LogP contribution in [0.25, 0.3) is 104 Å². The second kappa shape index (κ2) is 13.3. The van der Waals surface area contributed by atoms with Crippen LogP contribution in [0.15, 0.2) is 194 Å². The Hall–Kier alpha value is -7.21. The number of benzene rings is 8. The Balaban J connectivity index is 1.04. The minimum atomic E-state index is 0.662. The van der Waals surface area contributed by atoms with Crippen LogP contribution in [-0.2, 0) is 0 Å². The van der Waals surface area contributed by atoms with E-state index in [0.29, 0.717) is 17.5 Å². The lowest BCUT2D eigenvalue weighted by Gasteiger charge is -2.13. The van der Waals surface area contributed by atoms with E-state index in [1.54, 1.807) is 11.3 Å². The van der Waals surface area contributed by atoms with Crippen LogP contribution in [-0.4, -0.2) is 19.5 Å². The van der Waals surface area contributed by atoms with E-state index in [9.17, 15) is 0 Å². The summed E-state index contributed by atoms with van der Waals surface area (Å²) in [4.78, 5) is 14.9. The summed E-state index contributed by atoms with van der Waals surface area (Å²) in [5, 5.41) is 4.98. The van der Waals surface area contributed by atoms with E-state index in [0.717, 1.165) is 22.4 Å². The molecule has 0 atom stereocenters. The first-order valence-electron chi connectivity index (χ1n) is 18.8. The van der Waals surface area contributed by atoms with Crippen molar-refractivity contribution in [1.82, 2.24) is 19.5 Å². The van der Waals surface area contributed by atoms with Gasteiger partial charge in [-0.25, -0.2) is 15.0 Å². The lowest BCUT2D eigenvalue weighted by Crippen LogP contribution is -1.99. The molecule has 5 heteroatoms. The molecule has 0 spiro atoms. The average Bonchev–Trinajstić information content (AvgIpc) is 3.82. The number of nitrogens with zero attached hydrogens (tertiary/aromatic N) is 4. The van der Waals surface area contributed by atoms with Crippen LogP contribution in [0.4, 0.5) is 0 Å². The van der Waals surface area contributed by atoms with E-state index < -0.39 is 0 Å². The normalized spacial score (nSPS) is 11.6. The highest BCUT2D eigenvalue weighted by molar-refractivity contribution is 7.25. The van der Waals surface area contributed by atoms with E-state index in [-0.39, 0.29) is 0 Å². The Labute approximate surface area is 327 Å². The minimum absolute atomic E-state index is 0.662. The molecule has 0 aliphatic heterocycles. The van der Waals surface area contributed by atoms with Crippen LogP contribution >= 0.6 is 11.3 Å². The summed E-state index contributed by atoms with van der Waals surface area (Å²) < 4.78 is 4.83. The largest absolute Gasteiger partial charge is 0.309 e. The van der Waals surface area contributed by atoms with Crippen LogP contribution < -0.4 is 0 Å². The fourth-order valence-corrected chi connectivity index (χ4v) is 9.22. The molecule has 11 aromatic rings. The maximum absolute atomic E-state index is 4.99. The molecule has 0 radical (unpaired) electrons. The SMILES string of the molecule is c1ccc(-c2nc(-c3ccccc3)nc(-c3ccc4c(c3)sc3ccc(-c5ccccc5-c5cccc6c5c5ccccc5n6-c5ccccc5)cc34)n2)cc1. The number of para-hydroxylation sites is 2. The second-order valence-electron chi connectivity index (χ2n) is 14.0. The summed E-state index contributed by atoms with van der Waals surface area (Å²) in [5.74, 6) is 1.98. The average molecular weight is 733 g/mol. The number of fused-ring (bicyclic) bond motifs is 6. The molecule has 0 unspecified atom stereocenters. The molecular formula is C51H32N4S. The van der Waals surface area contributed by atoms with Gasteiger partial charge in [-0.1, -0.05) is 152 Å². The third-order valence-electron chi connectivity index (χ3n) is 10.7. The second-order valence-corrected chi connectivity index (χ2v) is 15.1. The summed E-state index contributed by atoms with van der Waals surface area (Å²) in [6.07, 6.45) is 0. The highest BCUT2D eigenvalue weighted by atomic mass is 32.1. The van der Waals surface area contributed by atoms with Crippen LogP contribution in [0.1, 0.15) is 0 Å². The minimum Gasteiger partial charge on any atom is -0.309 e. The molecule has 0 saturated heterocycles. The fraction of sp³-hybridized carbons (Fsp3) is 0. The molecule has 3 heterocycles. The predicted octanol–water partition coefficient (Wildman–Crippen LogP) is 13.7. The first-order valence-corrected chi connectivity index (χ1v) is 19.6. The third kappa shape index (κ3) is 5.40. The van der Waals surface area contributed by atoms with Gasteiger partial charge in [-0.05, 0) is 64.7 Å². The number of aromatic nitrogens is 4. The number of hydrogen-bond donors (Lipinski definition) is 0. The highest BCUT2D eigenvalue weighted by Gasteiger charge is 2.19. The smallest absolute Gasteiger partial charge is 0.164 e. The van der Waals surface area contributed by atoms with Crippen molar-refractivity contribution in [1.29, 1.82) is 0 Å². The zero-order chi connectivity index (χ0) is 37.0.